The molecule has 4 unspecified atom stereocenters. The van der Waals surface area contributed by atoms with Gasteiger partial charge in [-0.3, -0.25) is 9.78 Å². The molecule has 4 rings (SSSR count). The van der Waals surface area contributed by atoms with Crippen LogP contribution in [-0.2, 0) is 10.2 Å². The van der Waals surface area contributed by atoms with Crippen LogP contribution in [0, 0.1) is 35.3 Å². The number of benzene rings is 2. The SMILES string of the molecule is Cc1ncccc1NC(=O)C1NC(CC(C)(C)C)C(C#N)(c2ccc(Cl)cc2F)C1c1cccc(Cl)c1F. The van der Waals surface area contributed by atoms with E-state index in [1.165, 1.54) is 24.3 Å². The quantitative estimate of drug-likeness (QED) is 0.357. The molecule has 1 saturated heterocycles. The van der Waals surface area contributed by atoms with Crippen molar-refractivity contribution in [3.05, 3.63) is 93.2 Å². The van der Waals surface area contributed by atoms with Crippen molar-refractivity contribution in [2.75, 3.05) is 5.32 Å². The minimum Gasteiger partial charge on any atom is -0.323 e. The predicted molar refractivity (Wildman–Crippen MR) is 145 cm³/mol. The maximum absolute atomic E-state index is 15.7. The van der Waals surface area contributed by atoms with Crippen LogP contribution in [0.15, 0.2) is 54.7 Å². The fraction of sp³-hybridized carbons (Fsp3) is 0.345. The number of aromatic nitrogens is 1. The van der Waals surface area contributed by atoms with Crippen molar-refractivity contribution in [3.63, 3.8) is 0 Å². The lowest BCUT2D eigenvalue weighted by Crippen LogP contribution is -2.45. The molecule has 2 N–H and O–H groups in total. The lowest BCUT2D eigenvalue weighted by molar-refractivity contribution is -0.118. The Morgan fingerprint density at radius 1 is 1.18 bits per heavy atom. The van der Waals surface area contributed by atoms with E-state index in [1.807, 2.05) is 20.8 Å². The van der Waals surface area contributed by atoms with Gasteiger partial charge in [-0.25, -0.2) is 8.78 Å². The number of nitrogens with one attached hydrogen (secondary N) is 2. The van der Waals surface area contributed by atoms with E-state index in [-0.39, 0.29) is 26.6 Å². The van der Waals surface area contributed by atoms with Crippen molar-refractivity contribution < 1.29 is 13.6 Å². The molecule has 0 bridgehead atoms. The minimum absolute atomic E-state index is 0.0309. The van der Waals surface area contributed by atoms with Gasteiger partial charge in [0, 0.05) is 28.7 Å². The van der Waals surface area contributed by atoms with Crippen molar-refractivity contribution in [2.45, 2.75) is 57.5 Å². The summed E-state index contributed by atoms with van der Waals surface area (Å²) in [6.45, 7) is 7.69. The molecular formula is C29H28Cl2F2N4O. The molecule has 0 aliphatic carbocycles. The number of rotatable bonds is 5. The molecule has 9 heteroatoms. The van der Waals surface area contributed by atoms with Gasteiger partial charge in [0.25, 0.3) is 0 Å². The van der Waals surface area contributed by atoms with E-state index >= 15 is 8.78 Å². The van der Waals surface area contributed by atoms with Gasteiger partial charge in [0.1, 0.15) is 17.0 Å². The Morgan fingerprint density at radius 3 is 2.55 bits per heavy atom. The van der Waals surface area contributed by atoms with Gasteiger partial charge < -0.3 is 10.6 Å². The zero-order chi connectivity index (χ0) is 27.8. The van der Waals surface area contributed by atoms with E-state index in [9.17, 15) is 10.1 Å². The largest absolute Gasteiger partial charge is 0.323 e. The lowest BCUT2D eigenvalue weighted by Gasteiger charge is -2.37. The van der Waals surface area contributed by atoms with Gasteiger partial charge in [-0.1, -0.05) is 62.2 Å². The Hall–Kier alpha value is -3.05. The average molecular weight is 557 g/mol. The van der Waals surface area contributed by atoms with Crippen molar-refractivity contribution in [2.24, 2.45) is 5.41 Å². The number of halogens is 4. The molecule has 0 radical (unpaired) electrons. The topological polar surface area (TPSA) is 77.8 Å². The Morgan fingerprint density at radius 2 is 1.92 bits per heavy atom. The summed E-state index contributed by atoms with van der Waals surface area (Å²) in [6, 6.07) is 12.4. The highest BCUT2D eigenvalue weighted by Crippen LogP contribution is 2.52. The van der Waals surface area contributed by atoms with Crippen LogP contribution in [0.2, 0.25) is 10.0 Å². The first-order valence-electron chi connectivity index (χ1n) is 12.2. The highest BCUT2D eigenvalue weighted by molar-refractivity contribution is 6.31. The molecule has 1 aliphatic rings. The van der Waals surface area contributed by atoms with Crippen LogP contribution in [0.3, 0.4) is 0 Å². The summed E-state index contributed by atoms with van der Waals surface area (Å²) in [5, 5.41) is 17.0. The first-order valence-corrected chi connectivity index (χ1v) is 12.9. The van der Waals surface area contributed by atoms with E-state index in [4.69, 9.17) is 23.2 Å². The van der Waals surface area contributed by atoms with Crippen LogP contribution in [0.25, 0.3) is 0 Å². The third-order valence-electron chi connectivity index (χ3n) is 7.00. The average Bonchev–Trinajstić information content (AvgIpc) is 3.15. The number of carbonyl (C=O) groups excluding carboxylic acids is 1. The number of amides is 1. The zero-order valence-electron chi connectivity index (χ0n) is 21.4. The number of aryl methyl sites for hydroxylation is 1. The Balaban J connectivity index is 1.98. The van der Waals surface area contributed by atoms with E-state index in [0.717, 1.165) is 6.07 Å². The minimum atomic E-state index is -1.68. The molecule has 4 atom stereocenters. The van der Waals surface area contributed by atoms with Crippen molar-refractivity contribution in [1.29, 1.82) is 5.26 Å². The Kier molecular flexibility index (Phi) is 7.81. The second kappa shape index (κ2) is 10.6. The Bertz CT molecular complexity index is 1420. The van der Waals surface area contributed by atoms with Crippen LogP contribution in [0.4, 0.5) is 14.5 Å². The standard InChI is InChI=1S/C29H28Cl2F2N4O/c1-16-22(9-6-12-35-16)36-27(38)26-24(18-7-5-8-20(31)25(18)33)29(15-34,23(37-26)14-28(2,3)4)19-11-10-17(30)13-21(19)32/h5-13,23-24,26,37H,14H2,1-4H3,(H,36,38). The van der Waals surface area contributed by atoms with Gasteiger partial charge in [0.15, 0.2) is 0 Å². The molecule has 1 amide bonds. The summed E-state index contributed by atoms with van der Waals surface area (Å²) in [5.74, 6) is -3.11. The molecule has 5 nitrogen and oxygen atoms in total. The van der Waals surface area contributed by atoms with Gasteiger partial charge in [-0.2, -0.15) is 5.26 Å². The molecule has 1 aliphatic heterocycles. The monoisotopic (exact) mass is 556 g/mol. The zero-order valence-corrected chi connectivity index (χ0v) is 23.0. The molecule has 2 heterocycles. The molecule has 0 spiro atoms. The van der Waals surface area contributed by atoms with Gasteiger partial charge in [-0.05, 0) is 54.7 Å². The number of nitriles is 1. The number of carbonyl (C=O) groups is 1. The van der Waals surface area contributed by atoms with Crippen LogP contribution in [-0.4, -0.2) is 23.0 Å². The molecule has 198 valence electrons. The van der Waals surface area contributed by atoms with E-state index in [1.54, 1.807) is 31.3 Å². The highest BCUT2D eigenvalue weighted by Gasteiger charge is 2.61. The third-order valence-corrected chi connectivity index (χ3v) is 7.52. The maximum atomic E-state index is 15.7. The smallest absolute Gasteiger partial charge is 0.242 e. The molecule has 1 aromatic heterocycles. The van der Waals surface area contributed by atoms with E-state index < -0.39 is 41.0 Å². The molecule has 0 saturated carbocycles. The number of hydrogen-bond donors (Lipinski definition) is 2. The molecular weight excluding hydrogens is 529 g/mol. The van der Waals surface area contributed by atoms with Gasteiger partial charge in [-0.15, -0.1) is 0 Å². The summed E-state index contributed by atoms with van der Waals surface area (Å²) in [7, 11) is 0. The second-order valence-corrected chi connectivity index (χ2v) is 11.7. The number of anilines is 1. The summed E-state index contributed by atoms with van der Waals surface area (Å²) in [5.41, 5.74) is -0.871. The molecule has 2 aromatic carbocycles. The molecule has 38 heavy (non-hydrogen) atoms. The number of nitrogens with zero attached hydrogens (tertiary/aromatic N) is 2. The predicted octanol–water partition coefficient (Wildman–Crippen LogP) is 6.94. The normalized spacial score (nSPS) is 23.2. The van der Waals surface area contributed by atoms with Crippen LogP contribution in [0.5, 0.6) is 0 Å². The first kappa shape index (κ1) is 28.0. The van der Waals surface area contributed by atoms with Crippen LogP contribution >= 0.6 is 23.2 Å². The summed E-state index contributed by atoms with van der Waals surface area (Å²) >= 11 is 12.2. The van der Waals surface area contributed by atoms with Crippen molar-refractivity contribution in [1.82, 2.24) is 10.3 Å². The Labute approximate surface area is 231 Å². The fourth-order valence-electron chi connectivity index (χ4n) is 5.38. The van der Waals surface area contributed by atoms with E-state index in [2.05, 4.69) is 21.7 Å². The van der Waals surface area contributed by atoms with Gasteiger partial charge in [0.05, 0.1) is 28.5 Å². The number of hydrogen-bond acceptors (Lipinski definition) is 4. The van der Waals surface area contributed by atoms with Gasteiger partial charge >= 0.3 is 0 Å². The first-order chi connectivity index (χ1) is 17.9. The maximum Gasteiger partial charge on any atom is 0.242 e. The summed E-state index contributed by atoms with van der Waals surface area (Å²) in [6.07, 6.45) is 1.99. The van der Waals surface area contributed by atoms with Crippen molar-refractivity contribution >= 4 is 34.8 Å². The summed E-state index contributed by atoms with van der Waals surface area (Å²) < 4.78 is 31.3. The summed E-state index contributed by atoms with van der Waals surface area (Å²) in [4.78, 5) is 18.1. The van der Waals surface area contributed by atoms with Crippen LogP contribution in [0.1, 0.15) is 49.9 Å². The fourth-order valence-corrected chi connectivity index (χ4v) is 5.72. The highest BCUT2D eigenvalue weighted by atomic mass is 35.5. The lowest BCUT2D eigenvalue weighted by atomic mass is 9.62. The second-order valence-electron chi connectivity index (χ2n) is 10.8. The molecule has 1 fully saturated rings. The third kappa shape index (κ3) is 5.13. The van der Waals surface area contributed by atoms with E-state index in [0.29, 0.717) is 17.8 Å². The molecule has 3 aromatic rings. The van der Waals surface area contributed by atoms with Crippen LogP contribution < -0.4 is 10.6 Å². The van der Waals surface area contributed by atoms with Gasteiger partial charge in [0.2, 0.25) is 5.91 Å². The van der Waals surface area contributed by atoms with Crippen molar-refractivity contribution in [3.8, 4) is 6.07 Å². The number of pyridine rings is 1.